The summed E-state index contributed by atoms with van der Waals surface area (Å²) in [6.45, 7) is 7.63. The lowest BCUT2D eigenvalue weighted by Crippen LogP contribution is -2.30. The van der Waals surface area contributed by atoms with Crippen LogP contribution in [0.3, 0.4) is 0 Å². The summed E-state index contributed by atoms with van der Waals surface area (Å²) in [5.41, 5.74) is 6.50. The Balaban J connectivity index is 0.000000177. The van der Waals surface area contributed by atoms with Gasteiger partial charge in [-0.15, -0.1) is 0 Å². The minimum atomic E-state index is -0.373. The second kappa shape index (κ2) is 14.9. The number of rotatable bonds is 7. The lowest BCUT2D eigenvalue weighted by molar-refractivity contribution is -0.384. The van der Waals surface area contributed by atoms with Crippen LogP contribution < -0.4 is 15.1 Å². The fraction of sp³-hybridized carbons (Fsp3) is 0.333. The normalized spacial score (nSPS) is 14.5. The molecule has 0 aliphatic carbocycles. The zero-order valence-electron chi connectivity index (χ0n) is 27.7. The smallest absolute Gasteiger partial charge is 0.292 e. The maximum atomic E-state index is 12.6. The molecule has 2 aliphatic heterocycles. The molecule has 0 bridgehead atoms. The Labute approximate surface area is 284 Å². The van der Waals surface area contributed by atoms with Crippen LogP contribution in [0.2, 0.25) is 0 Å². The Morgan fingerprint density at radius 3 is 1.88 bits per heavy atom. The van der Waals surface area contributed by atoms with Gasteiger partial charge in [0.1, 0.15) is 11.8 Å². The zero-order chi connectivity index (χ0) is 34.3. The van der Waals surface area contributed by atoms with E-state index in [2.05, 4.69) is 31.4 Å². The van der Waals surface area contributed by atoms with Gasteiger partial charge in [0.05, 0.1) is 40.1 Å². The molecule has 0 unspecified atom stereocenters. The number of aromatic nitrogens is 4. The van der Waals surface area contributed by atoms with Crippen LogP contribution in [0.1, 0.15) is 66.0 Å². The molecule has 1 N–H and O–H groups in total. The van der Waals surface area contributed by atoms with E-state index in [-0.39, 0.29) is 28.0 Å². The lowest BCUT2D eigenvalue weighted by atomic mass is 10.1. The van der Waals surface area contributed by atoms with Gasteiger partial charge in [0.2, 0.25) is 5.76 Å². The van der Waals surface area contributed by atoms with Crippen molar-refractivity contribution in [3.8, 4) is 17.4 Å². The first-order valence-electron chi connectivity index (χ1n) is 16.6. The molecule has 0 spiro atoms. The molecule has 0 radical (unpaired) electrons. The van der Waals surface area contributed by atoms with Crippen molar-refractivity contribution >= 4 is 28.7 Å². The van der Waals surface area contributed by atoms with Crippen LogP contribution in [0.15, 0.2) is 77.7 Å². The Hall–Kier alpha value is -5.90. The number of aryl methyl sites for hydroxylation is 2. The monoisotopic (exact) mass is 661 g/mol. The van der Waals surface area contributed by atoms with Gasteiger partial charge in [-0.05, 0) is 106 Å². The van der Waals surface area contributed by atoms with E-state index < -0.39 is 0 Å². The number of nitrogens with one attached hydrogen (secondary N) is 1. The third kappa shape index (κ3) is 7.81. The number of furan rings is 1. The highest BCUT2D eigenvalue weighted by Crippen LogP contribution is 2.33. The number of hydrogen-bond donors (Lipinski definition) is 1. The van der Waals surface area contributed by atoms with E-state index in [0.29, 0.717) is 5.69 Å². The fourth-order valence-corrected chi connectivity index (χ4v) is 6.17. The third-order valence-electron chi connectivity index (χ3n) is 8.67. The van der Waals surface area contributed by atoms with Crippen LogP contribution >= 0.6 is 0 Å². The Bertz CT molecular complexity index is 1970. The van der Waals surface area contributed by atoms with Gasteiger partial charge in [0, 0.05) is 44.6 Å². The quantitative estimate of drug-likeness (QED) is 0.144. The molecule has 2 saturated heterocycles. The lowest BCUT2D eigenvalue weighted by Gasteiger charge is -2.31. The second-order valence-electron chi connectivity index (χ2n) is 12.4. The van der Waals surface area contributed by atoms with Crippen molar-refractivity contribution in [3.05, 3.63) is 106 Å². The number of piperidine rings is 2. The average molecular weight is 662 g/mol. The minimum Gasteiger partial charge on any atom is -0.440 e. The number of carbonyl (C=O) groups excluding carboxylic acids is 1. The molecular formula is C36H39N9O4. The van der Waals surface area contributed by atoms with Gasteiger partial charge < -0.3 is 19.5 Å². The SMILES string of the molecule is Cc1cnn(-c2ccc(NC(=O)c3ccc(C#N)o3)c(N3CCCCC3)c2)c1.Cc1cnn(-c2ccc([N+](=O)[O-])c(N3CCCCC3)c2)c1. The maximum Gasteiger partial charge on any atom is 0.292 e. The van der Waals surface area contributed by atoms with E-state index in [0.717, 1.165) is 85.7 Å². The largest absolute Gasteiger partial charge is 0.440 e. The van der Waals surface area contributed by atoms with Crippen molar-refractivity contribution in [2.45, 2.75) is 52.4 Å². The third-order valence-corrected chi connectivity index (χ3v) is 8.67. The molecular weight excluding hydrogens is 622 g/mol. The molecule has 252 valence electrons. The summed E-state index contributed by atoms with van der Waals surface area (Å²) in [6.07, 6.45) is 14.3. The molecule has 1 amide bonds. The van der Waals surface area contributed by atoms with Crippen LogP contribution in [0.25, 0.3) is 11.4 Å². The van der Waals surface area contributed by atoms with E-state index in [4.69, 9.17) is 9.68 Å². The van der Waals surface area contributed by atoms with Crippen LogP contribution in [0.5, 0.6) is 0 Å². The van der Waals surface area contributed by atoms with Crippen molar-refractivity contribution in [2.75, 3.05) is 41.3 Å². The molecule has 13 nitrogen and oxygen atoms in total. The summed E-state index contributed by atoms with van der Waals surface area (Å²) in [7, 11) is 0. The Morgan fingerprint density at radius 1 is 0.816 bits per heavy atom. The number of amides is 1. The summed E-state index contributed by atoms with van der Waals surface area (Å²) in [5.74, 6) is -0.138. The molecule has 2 aromatic carbocycles. The van der Waals surface area contributed by atoms with Gasteiger partial charge in [-0.3, -0.25) is 14.9 Å². The number of nitro groups is 1. The number of anilines is 3. The molecule has 49 heavy (non-hydrogen) atoms. The molecule has 7 rings (SSSR count). The number of benzene rings is 2. The Kier molecular flexibility index (Phi) is 10.0. The van der Waals surface area contributed by atoms with E-state index in [1.54, 1.807) is 23.0 Å². The van der Waals surface area contributed by atoms with Crippen molar-refractivity contribution in [2.24, 2.45) is 0 Å². The molecule has 13 heteroatoms. The summed E-state index contributed by atoms with van der Waals surface area (Å²) in [4.78, 5) is 28.0. The second-order valence-corrected chi connectivity index (χ2v) is 12.4. The van der Waals surface area contributed by atoms with Crippen LogP contribution in [0.4, 0.5) is 22.7 Å². The van der Waals surface area contributed by atoms with Crippen molar-refractivity contribution in [1.29, 1.82) is 5.26 Å². The molecule has 3 aromatic heterocycles. The van der Waals surface area contributed by atoms with Crippen LogP contribution in [-0.4, -0.2) is 56.6 Å². The van der Waals surface area contributed by atoms with Crippen molar-refractivity contribution < 1.29 is 14.1 Å². The molecule has 5 aromatic rings. The van der Waals surface area contributed by atoms with Gasteiger partial charge in [0.25, 0.3) is 11.6 Å². The first-order chi connectivity index (χ1) is 23.8. The molecule has 0 atom stereocenters. The standard InChI is InChI=1S/C21H21N5O2.C15H18N4O2/c1-15-13-23-26(14-15)16-5-7-18(19(11-16)25-9-3-2-4-10-25)24-21(27)20-8-6-17(12-22)28-20;1-12-10-16-18(11-12)13-5-6-14(19(20)21)15(9-13)17-7-3-2-4-8-17/h5-8,11,13-14H,2-4,9-10H2,1H3,(H,24,27);5-6,9-11H,2-4,7-8H2,1H3. The number of nitriles is 1. The van der Waals surface area contributed by atoms with Gasteiger partial charge in [0.15, 0.2) is 5.76 Å². The number of hydrogen-bond acceptors (Lipinski definition) is 9. The van der Waals surface area contributed by atoms with Gasteiger partial charge in [-0.2, -0.15) is 15.5 Å². The average Bonchev–Trinajstić information content (AvgIpc) is 3.91. The van der Waals surface area contributed by atoms with E-state index in [1.165, 1.54) is 25.0 Å². The van der Waals surface area contributed by atoms with Gasteiger partial charge in [-0.1, -0.05) is 0 Å². The predicted octanol–water partition coefficient (Wildman–Crippen LogP) is 6.97. The van der Waals surface area contributed by atoms with Gasteiger partial charge >= 0.3 is 0 Å². The predicted molar refractivity (Wildman–Crippen MR) is 187 cm³/mol. The maximum absolute atomic E-state index is 12.6. The molecule has 5 heterocycles. The molecule has 2 fully saturated rings. The summed E-state index contributed by atoms with van der Waals surface area (Å²) in [5, 5.41) is 31.8. The van der Waals surface area contributed by atoms with E-state index in [1.807, 2.05) is 61.4 Å². The van der Waals surface area contributed by atoms with Crippen molar-refractivity contribution in [3.63, 3.8) is 0 Å². The molecule has 2 aliphatic rings. The van der Waals surface area contributed by atoms with Crippen LogP contribution in [-0.2, 0) is 0 Å². The highest BCUT2D eigenvalue weighted by atomic mass is 16.6. The number of nitrogens with zero attached hydrogens (tertiary/aromatic N) is 8. The fourth-order valence-electron chi connectivity index (χ4n) is 6.17. The highest BCUT2D eigenvalue weighted by Gasteiger charge is 2.22. The zero-order valence-corrected chi connectivity index (χ0v) is 27.7. The number of nitro benzene ring substituents is 1. The first-order valence-corrected chi connectivity index (χ1v) is 16.6. The molecule has 0 saturated carbocycles. The minimum absolute atomic E-state index is 0.116. The van der Waals surface area contributed by atoms with Crippen LogP contribution in [0, 0.1) is 35.3 Å². The number of carbonyl (C=O) groups is 1. The highest BCUT2D eigenvalue weighted by molar-refractivity contribution is 6.04. The van der Waals surface area contributed by atoms with Crippen molar-refractivity contribution in [1.82, 2.24) is 19.6 Å². The summed E-state index contributed by atoms with van der Waals surface area (Å²) in [6, 6.07) is 16.0. The topological polar surface area (TPSA) is 151 Å². The summed E-state index contributed by atoms with van der Waals surface area (Å²) < 4.78 is 8.84. The first kappa shape index (κ1) is 33.0. The van der Waals surface area contributed by atoms with E-state index >= 15 is 0 Å². The van der Waals surface area contributed by atoms with E-state index in [9.17, 15) is 14.9 Å². The van der Waals surface area contributed by atoms with Gasteiger partial charge in [-0.25, -0.2) is 9.36 Å². The summed E-state index contributed by atoms with van der Waals surface area (Å²) >= 11 is 0. The Morgan fingerprint density at radius 2 is 1.37 bits per heavy atom.